The van der Waals surface area contributed by atoms with Gasteiger partial charge in [0.15, 0.2) is 14.1 Å². The van der Waals surface area contributed by atoms with Gasteiger partial charge in [0.25, 0.3) is 8.32 Å². The fourth-order valence-corrected chi connectivity index (χ4v) is 14.3. The maximum absolute atomic E-state index is 13.7. The zero-order chi connectivity index (χ0) is 40.8. The van der Waals surface area contributed by atoms with E-state index in [-0.39, 0.29) is 70.4 Å². The van der Waals surface area contributed by atoms with Crippen molar-refractivity contribution in [1.29, 1.82) is 0 Å². The molecule has 1 fully saturated rings. The predicted octanol–water partition coefficient (Wildman–Crippen LogP) is 9.21. The first-order chi connectivity index (χ1) is 25.7. The lowest BCUT2D eigenvalue weighted by Gasteiger charge is -2.51. The molecule has 0 bridgehead atoms. The van der Waals surface area contributed by atoms with Gasteiger partial charge in [-0.25, -0.2) is 0 Å². The summed E-state index contributed by atoms with van der Waals surface area (Å²) in [5.41, 5.74) is 0. The summed E-state index contributed by atoms with van der Waals surface area (Å²) in [5.74, 6) is -0.753. The maximum atomic E-state index is 13.7. The molecule has 8 atom stereocenters. The van der Waals surface area contributed by atoms with Gasteiger partial charge in [-0.1, -0.05) is 141 Å². The van der Waals surface area contributed by atoms with Gasteiger partial charge in [-0.2, -0.15) is 0 Å². The molecule has 0 spiro atoms. The van der Waals surface area contributed by atoms with Gasteiger partial charge < -0.3 is 18.3 Å². The molecule has 2 aliphatic rings. The van der Waals surface area contributed by atoms with Gasteiger partial charge in [-0.15, -0.1) is 0 Å². The summed E-state index contributed by atoms with van der Waals surface area (Å²) in [6.45, 7) is 23.7. The molecule has 2 aromatic rings. The number of benzene rings is 2. The Bertz CT molecular complexity index is 1600. The van der Waals surface area contributed by atoms with Crippen molar-refractivity contribution < 1.29 is 32.7 Å². The molecule has 4 rings (SSSR count). The van der Waals surface area contributed by atoms with Crippen molar-refractivity contribution in [3.63, 3.8) is 0 Å². The third-order valence-electron chi connectivity index (χ3n) is 12.5. The number of carbonyl (C=O) groups is 3. The molecule has 0 radical (unpaired) electrons. The third-order valence-corrected chi connectivity index (χ3v) is 22.2. The number of esters is 2. The molecule has 302 valence electrons. The molecule has 1 saturated carbocycles. The van der Waals surface area contributed by atoms with E-state index in [0.29, 0.717) is 12.8 Å². The number of allylic oxidation sites excluding steroid dienone is 4. The fraction of sp³-hybridized carbons (Fsp3) is 0.587. The second kappa shape index (κ2) is 18.4. The molecule has 0 aromatic heterocycles. The van der Waals surface area contributed by atoms with Crippen LogP contribution in [0.5, 0.6) is 0 Å². The summed E-state index contributed by atoms with van der Waals surface area (Å²) in [4.78, 5) is 39.7. The van der Waals surface area contributed by atoms with E-state index >= 15 is 0 Å². The first-order valence-corrected chi connectivity index (χ1v) is 25.2. The molecule has 55 heavy (non-hydrogen) atoms. The first kappa shape index (κ1) is 44.6. The van der Waals surface area contributed by atoms with Crippen LogP contribution in [0.15, 0.2) is 85.0 Å². The Balaban J connectivity index is 1.69. The Morgan fingerprint density at radius 1 is 0.855 bits per heavy atom. The lowest BCUT2D eigenvalue weighted by Crippen LogP contribution is -2.68. The van der Waals surface area contributed by atoms with Gasteiger partial charge in [0.05, 0.1) is 25.6 Å². The van der Waals surface area contributed by atoms with Crippen molar-refractivity contribution in [2.24, 2.45) is 29.6 Å². The summed E-state index contributed by atoms with van der Waals surface area (Å²) < 4.78 is 25.7. The van der Waals surface area contributed by atoms with E-state index in [0.717, 1.165) is 6.42 Å². The monoisotopic (exact) mass is 788 g/mol. The second-order valence-corrected chi connectivity index (χ2v) is 27.5. The molecule has 3 unspecified atom stereocenters. The van der Waals surface area contributed by atoms with E-state index in [1.807, 2.05) is 19.9 Å². The van der Waals surface area contributed by atoms with Crippen molar-refractivity contribution in [2.45, 2.75) is 136 Å². The minimum absolute atomic E-state index is 0.0228. The maximum Gasteiger partial charge on any atom is 0.308 e. The minimum Gasteiger partial charge on any atom is -0.469 e. The van der Waals surface area contributed by atoms with Crippen LogP contribution in [0.1, 0.15) is 94.4 Å². The molecule has 9 heteroatoms. The number of hydrogen-bond acceptors (Lipinski definition) is 7. The van der Waals surface area contributed by atoms with Crippen molar-refractivity contribution in [2.75, 3.05) is 7.11 Å². The zero-order valence-corrected chi connectivity index (χ0v) is 37.6. The van der Waals surface area contributed by atoms with Crippen LogP contribution in [0.2, 0.25) is 23.2 Å². The van der Waals surface area contributed by atoms with Crippen LogP contribution in [0.25, 0.3) is 0 Å². The van der Waals surface area contributed by atoms with Crippen LogP contribution in [0.4, 0.5) is 0 Å². The average molecular weight is 789 g/mol. The Morgan fingerprint density at radius 2 is 1.44 bits per heavy atom. The minimum atomic E-state index is -2.88. The first-order valence-electron chi connectivity index (χ1n) is 20.4. The largest absolute Gasteiger partial charge is 0.469 e. The highest BCUT2D eigenvalue weighted by molar-refractivity contribution is 6.99. The summed E-state index contributed by atoms with van der Waals surface area (Å²) in [6, 6.07) is 21.4. The van der Waals surface area contributed by atoms with Crippen LogP contribution in [0.3, 0.4) is 0 Å². The van der Waals surface area contributed by atoms with Crippen LogP contribution >= 0.6 is 0 Å². The number of hydrogen-bond donors (Lipinski definition) is 0. The number of ketones is 1. The smallest absolute Gasteiger partial charge is 0.308 e. The molecule has 2 aromatic carbocycles. The second-order valence-electron chi connectivity index (χ2n) is 18.5. The Morgan fingerprint density at radius 3 is 1.95 bits per heavy atom. The quantitative estimate of drug-likeness (QED) is 0.0770. The molecule has 2 aliphatic carbocycles. The van der Waals surface area contributed by atoms with Gasteiger partial charge in [0.1, 0.15) is 6.10 Å². The predicted molar refractivity (Wildman–Crippen MR) is 227 cm³/mol. The van der Waals surface area contributed by atoms with Crippen molar-refractivity contribution in [3.05, 3.63) is 85.0 Å². The van der Waals surface area contributed by atoms with Crippen molar-refractivity contribution >= 4 is 44.7 Å². The van der Waals surface area contributed by atoms with Crippen LogP contribution in [-0.2, 0) is 32.7 Å². The van der Waals surface area contributed by atoms with Gasteiger partial charge in [-0.3, -0.25) is 14.4 Å². The van der Waals surface area contributed by atoms with E-state index in [1.165, 1.54) is 17.5 Å². The number of rotatable bonds is 15. The fourth-order valence-electron chi connectivity index (χ4n) is 8.21. The van der Waals surface area contributed by atoms with Gasteiger partial charge in [-0.05, 0) is 70.2 Å². The van der Waals surface area contributed by atoms with E-state index in [4.69, 9.17) is 18.3 Å². The van der Waals surface area contributed by atoms with E-state index in [1.54, 1.807) is 6.08 Å². The molecular formula is C46H68O7Si2. The lowest BCUT2D eigenvalue weighted by atomic mass is 9.63. The van der Waals surface area contributed by atoms with E-state index < -0.39 is 34.8 Å². The average Bonchev–Trinajstić information content (AvgIpc) is 3.12. The van der Waals surface area contributed by atoms with Gasteiger partial charge in [0.2, 0.25) is 0 Å². The molecule has 0 heterocycles. The Kier molecular flexibility index (Phi) is 14.9. The summed E-state index contributed by atoms with van der Waals surface area (Å²) in [5, 5.41) is 2.16. The molecule has 0 N–H and O–H groups in total. The van der Waals surface area contributed by atoms with Crippen LogP contribution in [0, 0.1) is 29.6 Å². The normalized spacial score (nSPS) is 24.5. The standard InChI is InChI=1S/C46H68O7Si2/c1-13-32(2)44(49)51-41-30-36(53-55(46(7,8)9,38-20-16-14-17-21-38)39-22-18-15-19-23-39)28-34-25-24-33(3)40(43(34)41)27-26-35(47)29-37(31-42(48)50-10)52-54(11,12)45(4,5)6/h14-27,32-34,36-37,40-41,43H,13,28-31H2,1-12H3/b27-26+/t32-,33-,34?,36+,37+,40-,41?,43?/m0/s1. The lowest BCUT2D eigenvalue weighted by molar-refractivity contribution is -0.164. The molecule has 0 saturated heterocycles. The van der Waals surface area contributed by atoms with E-state index in [9.17, 15) is 14.4 Å². The number of fused-ring (bicyclic) bond motifs is 1. The Labute approximate surface area is 333 Å². The van der Waals surface area contributed by atoms with E-state index in [2.05, 4.69) is 134 Å². The number of carbonyl (C=O) groups excluding carboxylic acids is 3. The highest BCUT2D eigenvalue weighted by atomic mass is 28.4. The van der Waals surface area contributed by atoms with Crippen LogP contribution < -0.4 is 10.4 Å². The highest BCUT2D eigenvalue weighted by Gasteiger charge is 2.54. The summed E-state index contributed by atoms with van der Waals surface area (Å²) in [7, 11) is -3.79. The zero-order valence-electron chi connectivity index (χ0n) is 35.6. The Hall–Kier alpha value is -3.12. The molecular weight excluding hydrogens is 721 g/mol. The number of methoxy groups -OCH3 is 1. The summed E-state index contributed by atoms with van der Waals surface area (Å²) >= 11 is 0. The SMILES string of the molecule is CC[C@H](C)C(=O)OC1C[C@H](O[Si](c2ccccc2)(c2ccccc2)C(C)(C)C)CC2C=C[C@H](C)[C@H](/C=C/C(=O)C[C@H](CC(=O)OC)O[Si](C)(C)C(C)(C)C)C21. The summed E-state index contributed by atoms with van der Waals surface area (Å²) in [6.07, 6.45) is 9.31. The highest BCUT2D eigenvalue weighted by Crippen LogP contribution is 2.48. The number of ether oxygens (including phenoxy) is 2. The van der Waals surface area contributed by atoms with Gasteiger partial charge in [0, 0.05) is 24.9 Å². The van der Waals surface area contributed by atoms with Gasteiger partial charge >= 0.3 is 11.9 Å². The molecule has 7 nitrogen and oxygen atoms in total. The van der Waals surface area contributed by atoms with Crippen molar-refractivity contribution in [3.8, 4) is 0 Å². The molecule has 0 aliphatic heterocycles. The molecule has 0 amide bonds. The van der Waals surface area contributed by atoms with Crippen LogP contribution in [-0.4, -0.2) is 59.8 Å². The van der Waals surface area contributed by atoms with Crippen molar-refractivity contribution in [1.82, 2.24) is 0 Å². The third kappa shape index (κ3) is 10.6. The topological polar surface area (TPSA) is 88.1 Å².